The van der Waals surface area contributed by atoms with E-state index < -0.39 is 0 Å². The molecule has 0 aliphatic carbocycles. The molecule has 25 heavy (non-hydrogen) atoms. The van der Waals surface area contributed by atoms with Gasteiger partial charge < -0.3 is 5.32 Å². The number of benzene rings is 2. The van der Waals surface area contributed by atoms with Crippen LogP contribution in [0.2, 0.25) is 5.02 Å². The van der Waals surface area contributed by atoms with Gasteiger partial charge in [0.2, 0.25) is 0 Å². The molecule has 3 rings (SSSR count). The summed E-state index contributed by atoms with van der Waals surface area (Å²) in [4.78, 5) is 26.5. The quantitative estimate of drug-likeness (QED) is 0.845. The fourth-order valence-electron chi connectivity index (χ4n) is 2.97. The van der Waals surface area contributed by atoms with Gasteiger partial charge in [-0.25, -0.2) is 0 Å². The lowest BCUT2D eigenvalue weighted by Crippen LogP contribution is -2.28. The van der Waals surface area contributed by atoms with Crippen LogP contribution in [0.5, 0.6) is 0 Å². The van der Waals surface area contributed by atoms with Crippen LogP contribution in [0, 0.1) is 20.8 Å². The third kappa shape index (κ3) is 3.05. The molecule has 1 aliphatic rings. The largest absolute Gasteiger partial charge is 0.350 e. The summed E-state index contributed by atoms with van der Waals surface area (Å²) < 4.78 is 0. The Labute approximate surface area is 152 Å². The van der Waals surface area contributed by atoms with Crippen molar-refractivity contribution in [3.05, 3.63) is 69.4 Å². The Hall–Kier alpha value is -2.59. The van der Waals surface area contributed by atoms with Gasteiger partial charge in [0.25, 0.3) is 11.8 Å². The molecule has 2 amide bonds. The first-order valence-electron chi connectivity index (χ1n) is 7.97. The summed E-state index contributed by atoms with van der Waals surface area (Å²) in [6.45, 7) is 5.85. The molecule has 4 nitrogen and oxygen atoms in total. The maximum Gasteiger partial charge on any atom is 0.277 e. The van der Waals surface area contributed by atoms with Crippen molar-refractivity contribution < 1.29 is 9.59 Å². The van der Waals surface area contributed by atoms with E-state index in [1.807, 2.05) is 45.0 Å². The number of halogens is 1. The molecule has 1 N–H and O–H groups in total. The second-order valence-electron chi connectivity index (χ2n) is 6.32. The molecule has 0 saturated carbocycles. The van der Waals surface area contributed by atoms with E-state index >= 15 is 0 Å². The van der Waals surface area contributed by atoms with Crippen LogP contribution in [0.25, 0.3) is 5.57 Å². The molecule has 2 aromatic rings. The molecule has 0 spiro atoms. The summed E-state index contributed by atoms with van der Waals surface area (Å²) in [5.41, 5.74) is 5.14. The summed E-state index contributed by atoms with van der Waals surface area (Å²) in [6.07, 6.45) is 0. The van der Waals surface area contributed by atoms with Crippen molar-refractivity contribution in [1.29, 1.82) is 0 Å². The van der Waals surface area contributed by atoms with Crippen LogP contribution in [0.3, 0.4) is 0 Å². The standard InChI is InChI=1S/C20H19ClN2O2/c1-11-5-8-15(13(3)9-11)17-18(20(25)23(4)19(17)24)22-16-10-14(21)7-6-12(16)2/h5-10,22H,1-4H3. The topological polar surface area (TPSA) is 49.4 Å². The number of amides is 2. The van der Waals surface area contributed by atoms with E-state index in [2.05, 4.69) is 5.32 Å². The van der Waals surface area contributed by atoms with Crippen molar-refractivity contribution in [2.75, 3.05) is 12.4 Å². The molecule has 0 bridgehead atoms. The van der Waals surface area contributed by atoms with Crippen LogP contribution in [0.15, 0.2) is 42.1 Å². The molecule has 0 atom stereocenters. The van der Waals surface area contributed by atoms with Crippen LogP contribution in [-0.4, -0.2) is 23.8 Å². The minimum Gasteiger partial charge on any atom is -0.350 e. The molecular formula is C20H19ClN2O2. The second-order valence-corrected chi connectivity index (χ2v) is 6.76. The number of likely N-dealkylation sites (N-methyl/N-ethyl adjacent to an activating group) is 1. The van der Waals surface area contributed by atoms with Gasteiger partial charge in [0.15, 0.2) is 0 Å². The molecule has 0 unspecified atom stereocenters. The number of imide groups is 1. The number of nitrogens with zero attached hydrogens (tertiary/aromatic N) is 1. The highest BCUT2D eigenvalue weighted by atomic mass is 35.5. The van der Waals surface area contributed by atoms with E-state index in [-0.39, 0.29) is 17.5 Å². The number of hydrogen-bond acceptors (Lipinski definition) is 3. The van der Waals surface area contributed by atoms with Crippen molar-refractivity contribution in [2.45, 2.75) is 20.8 Å². The highest BCUT2D eigenvalue weighted by Crippen LogP contribution is 2.33. The fraction of sp³-hybridized carbons (Fsp3) is 0.200. The third-order valence-corrected chi connectivity index (χ3v) is 4.63. The zero-order chi connectivity index (χ0) is 18.3. The predicted molar refractivity (Wildman–Crippen MR) is 100 cm³/mol. The highest BCUT2D eigenvalue weighted by molar-refractivity contribution is 6.36. The van der Waals surface area contributed by atoms with Crippen LogP contribution < -0.4 is 5.32 Å². The Bertz CT molecular complexity index is 931. The summed E-state index contributed by atoms with van der Waals surface area (Å²) in [6, 6.07) is 11.2. The molecule has 1 aliphatic heterocycles. The van der Waals surface area contributed by atoms with Gasteiger partial charge >= 0.3 is 0 Å². The SMILES string of the molecule is Cc1ccc(C2=C(Nc3cc(Cl)ccc3C)C(=O)N(C)C2=O)c(C)c1. The molecule has 0 saturated heterocycles. The molecule has 1 heterocycles. The molecule has 0 aromatic heterocycles. The average Bonchev–Trinajstić information content (AvgIpc) is 2.76. The lowest BCUT2D eigenvalue weighted by atomic mass is 9.97. The monoisotopic (exact) mass is 354 g/mol. The van der Waals surface area contributed by atoms with Crippen LogP contribution in [-0.2, 0) is 9.59 Å². The molecule has 2 aromatic carbocycles. The van der Waals surface area contributed by atoms with E-state index in [0.29, 0.717) is 16.3 Å². The minimum absolute atomic E-state index is 0.282. The summed E-state index contributed by atoms with van der Waals surface area (Å²) in [5, 5.41) is 3.70. The first-order chi connectivity index (χ1) is 11.8. The second kappa shape index (κ2) is 6.37. The average molecular weight is 355 g/mol. The Morgan fingerprint density at radius 2 is 1.64 bits per heavy atom. The van der Waals surface area contributed by atoms with E-state index in [0.717, 1.165) is 27.2 Å². The number of aryl methyl sites for hydroxylation is 3. The molecule has 0 radical (unpaired) electrons. The number of rotatable bonds is 3. The van der Waals surface area contributed by atoms with Crippen molar-refractivity contribution in [2.24, 2.45) is 0 Å². The zero-order valence-electron chi connectivity index (χ0n) is 14.6. The van der Waals surface area contributed by atoms with Gasteiger partial charge in [0, 0.05) is 17.8 Å². The van der Waals surface area contributed by atoms with E-state index in [1.165, 1.54) is 7.05 Å². The lowest BCUT2D eigenvalue weighted by Gasteiger charge is -2.12. The molecule has 0 fully saturated rings. The van der Waals surface area contributed by atoms with Gasteiger partial charge in [-0.1, -0.05) is 41.4 Å². The van der Waals surface area contributed by atoms with Gasteiger partial charge in [-0.3, -0.25) is 14.5 Å². The van der Waals surface area contributed by atoms with Crippen LogP contribution in [0.4, 0.5) is 5.69 Å². The zero-order valence-corrected chi connectivity index (χ0v) is 15.4. The van der Waals surface area contributed by atoms with Crippen molar-refractivity contribution in [1.82, 2.24) is 4.90 Å². The molecular weight excluding hydrogens is 336 g/mol. The minimum atomic E-state index is -0.348. The summed E-state index contributed by atoms with van der Waals surface area (Å²) >= 11 is 6.07. The predicted octanol–water partition coefficient (Wildman–Crippen LogP) is 4.09. The fourth-order valence-corrected chi connectivity index (χ4v) is 3.14. The Balaban J connectivity index is 2.17. The van der Waals surface area contributed by atoms with Gasteiger partial charge in [-0.2, -0.15) is 0 Å². The molecule has 5 heteroatoms. The maximum absolute atomic E-state index is 12.7. The first-order valence-corrected chi connectivity index (χ1v) is 8.35. The maximum atomic E-state index is 12.7. The Morgan fingerprint density at radius 1 is 0.920 bits per heavy atom. The number of carbonyl (C=O) groups is 2. The number of hydrogen-bond donors (Lipinski definition) is 1. The van der Waals surface area contributed by atoms with Crippen molar-refractivity contribution in [3.63, 3.8) is 0 Å². The van der Waals surface area contributed by atoms with E-state index in [4.69, 9.17) is 11.6 Å². The number of nitrogens with one attached hydrogen (secondary N) is 1. The lowest BCUT2D eigenvalue weighted by molar-refractivity contribution is -0.135. The third-order valence-electron chi connectivity index (χ3n) is 4.40. The van der Waals surface area contributed by atoms with Crippen LogP contribution >= 0.6 is 11.6 Å². The van der Waals surface area contributed by atoms with E-state index in [1.54, 1.807) is 12.1 Å². The smallest absolute Gasteiger partial charge is 0.277 e. The summed E-state index contributed by atoms with van der Waals surface area (Å²) in [7, 11) is 1.49. The van der Waals surface area contributed by atoms with Gasteiger partial charge in [0.1, 0.15) is 5.70 Å². The van der Waals surface area contributed by atoms with Gasteiger partial charge in [-0.05, 0) is 49.6 Å². The molecule has 128 valence electrons. The van der Waals surface area contributed by atoms with Crippen molar-refractivity contribution in [3.8, 4) is 0 Å². The normalized spacial score (nSPS) is 14.5. The van der Waals surface area contributed by atoms with Gasteiger partial charge in [0.05, 0.1) is 5.57 Å². The number of carbonyl (C=O) groups excluding carboxylic acids is 2. The van der Waals surface area contributed by atoms with Crippen molar-refractivity contribution >= 4 is 34.7 Å². The number of anilines is 1. The van der Waals surface area contributed by atoms with Crippen LogP contribution in [0.1, 0.15) is 22.3 Å². The Kier molecular flexibility index (Phi) is 4.39. The highest BCUT2D eigenvalue weighted by Gasteiger charge is 2.37. The van der Waals surface area contributed by atoms with Gasteiger partial charge in [-0.15, -0.1) is 0 Å². The summed E-state index contributed by atoms with van der Waals surface area (Å²) in [5.74, 6) is -0.654. The van der Waals surface area contributed by atoms with E-state index in [9.17, 15) is 9.59 Å². The Morgan fingerprint density at radius 3 is 2.32 bits per heavy atom. The first kappa shape index (κ1) is 17.2.